The maximum absolute atomic E-state index is 9.97. The predicted molar refractivity (Wildman–Crippen MR) is 78.6 cm³/mol. The van der Waals surface area contributed by atoms with E-state index in [4.69, 9.17) is 15.2 Å². The molecule has 0 bridgehead atoms. The first-order chi connectivity index (χ1) is 9.77. The summed E-state index contributed by atoms with van der Waals surface area (Å²) in [5, 5.41) is 9.97. The van der Waals surface area contributed by atoms with Gasteiger partial charge in [-0.2, -0.15) is 0 Å². The molecule has 0 aliphatic carbocycles. The number of benzene rings is 2. The van der Waals surface area contributed by atoms with Crippen molar-refractivity contribution in [1.82, 2.24) is 0 Å². The average molecular weight is 273 g/mol. The molecule has 0 heterocycles. The number of anilines is 1. The van der Waals surface area contributed by atoms with Crippen molar-refractivity contribution in [2.24, 2.45) is 0 Å². The van der Waals surface area contributed by atoms with Crippen molar-refractivity contribution in [3.63, 3.8) is 0 Å². The first-order valence-electron chi connectivity index (χ1n) is 6.55. The Labute approximate surface area is 118 Å². The molecule has 0 saturated carbocycles. The summed E-state index contributed by atoms with van der Waals surface area (Å²) in [6, 6.07) is 16.8. The summed E-state index contributed by atoms with van der Waals surface area (Å²) in [7, 11) is 0. The van der Waals surface area contributed by atoms with E-state index in [9.17, 15) is 5.11 Å². The van der Waals surface area contributed by atoms with Gasteiger partial charge in [0.2, 0.25) is 0 Å². The maximum atomic E-state index is 9.97. The van der Waals surface area contributed by atoms with E-state index in [0.717, 1.165) is 5.75 Å². The predicted octanol–water partition coefficient (Wildman–Crippen LogP) is 2.40. The van der Waals surface area contributed by atoms with Crippen LogP contribution in [0.2, 0.25) is 0 Å². The topological polar surface area (TPSA) is 64.7 Å². The number of hydrogen-bond acceptors (Lipinski definition) is 4. The zero-order valence-electron chi connectivity index (χ0n) is 11.2. The molecule has 3 N–H and O–H groups in total. The summed E-state index contributed by atoms with van der Waals surface area (Å²) in [6.07, 6.45) is -0.715. The Morgan fingerprint density at radius 2 is 1.65 bits per heavy atom. The highest BCUT2D eigenvalue weighted by Gasteiger charge is 2.10. The minimum absolute atomic E-state index is 0.201. The van der Waals surface area contributed by atoms with E-state index in [-0.39, 0.29) is 6.61 Å². The van der Waals surface area contributed by atoms with Gasteiger partial charge in [-0.3, -0.25) is 0 Å². The van der Waals surface area contributed by atoms with Gasteiger partial charge in [0.25, 0.3) is 0 Å². The summed E-state index contributed by atoms with van der Waals surface area (Å²) in [4.78, 5) is 0. The highest BCUT2D eigenvalue weighted by Crippen LogP contribution is 2.19. The van der Waals surface area contributed by atoms with Crippen molar-refractivity contribution in [3.8, 4) is 5.75 Å². The number of rotatable bonds is 7. The molecule has 106 valence electrons. The molecular weight excluding hydrogens is 254 g/mol. The first kappa shape index (κ1) is 14.4. The summed E-state index contributed by atoms with van der Waals surface area (Å²) >= 11 is 0. The molecule has 2 rings (SSSR count). The third-order valence-electron chi connectivity index (χ3n) is 2.87. The van der Waals surface area contributed by atoms with Crippen molar-refractivity contribution in [3.05, 3.63) is 60.2 Å². The van der Waals surface area contributed by atoms with Gasteiger partial charge in [0, 0.05) is 11.3 Å². The van der Waals surface area contributed by atoms with Gasteiger partial charge in [-0.1, -0.05) is 36.4 Å². The van der Waals surface area contributed by atoms with Crippen LogP contribution in [-0.4, -0.2) is 24.9 Å². The molecule has 2 aromatic rings. The summed E-state index contributed by atoms with van der Waals surface area (Å²) in [6.45, 7) is 1.06. The van der Waals surface area contributed by atoms with E-state index in [2.05, 4.69) is 0 Å². The summed E-state index contributed by atoms with van der Waals surface area (Å²) in [5.74, 6) is 0.809. The number of aliphatic hydroxyl groups is 1. The molecule has 0 saturated heterocycles. The zero-order valence-corrected chi connectivity index (χ0v) is 11.2. The van der Waals surface area contributed by atoms with Gasteiger partial charge >= 0.3 is 0 Å². The third-order valence-corrected chi connectivity index (χ3v) is 2.87. The van der Waals surface area contributed by atoms with Crippen LogP contribution in [0.25, 0.3) is 0 Å². The number of nitrogen functional groups attached to an aromatic ring is 1. The largest absolute Gasteiger partial charge is 0.491 e. The van der Waals surface area contributed by atoms with Gasteiger partial charge in [0.15, 0.2) is 0 Å². The molecule has 0 amide bonds. The minimum Gasteiger partial charge on any atom is -0.491 e. The number of nitrogens with two attached hydrogens (primary N) is 1. The molecule has 0 aliphatic heterocycles. The molecule has 1 unspecified atom stereocenters. The second-order valence-corrected chi connectivity index (χ2v) is 4.38. The molecule has 0 aromatic heterocycles. The van der Waals surface area contributed by atoms with Gasteiger partial charge in [-0.05, 0) is 18.2 Å². The number of para-hydroxylation sites is 2. The molecule has 2 aromatic carbocycles. The van der Waals surface area contributed by atoms with E-state index in [1.165, 1.54) is 0 Å². The van der Waals surface area contributed by atoms with Gasteiger partial charge in [0.05, 0.1) is 13.2 Å². The Hall–Kier alpha value is -2.04. The van der Waals surface area contributed by atoms with Crippen LogP contribution in [0.5, 0.6) is 5.75 Å². The van der Waals surface area contributed by atoms with E-state index < -0.39 is 6.10 Å². The lowest BCUT2D eigenvalue weighted by atomic mass is 10.1. The van der Waals surface area contributed by atoms with Gasteiger partial charge in [-0.25, -0.2) is 0 Å². The van der Waals surface area contributed by atoms with E-state index in [1.54, 1.807) is 12.1 Å². The Morgan fingerprint density at radius 3 is 2.40 bits per heavy atom. The highest BCUT2D eigenvalue weighted by molar-refractivity contribution is 5.47. The van der Waals surface area contributed by atoms with Gasteiger partial charge < -0.3 is 20.3 Å². The van der Waals surface area contributed by atoms with E-state index >= 15 is 0 Å². The van der Waals surface area contributed by atoms with Crippen LogP contribution in [0, 0.1) is 0 Å². The fourth-order valence-corrected chi connectivity index (χ4v) is 1.83. The molecule has 0 aliphatic rings. The fraction of sp³-hybridized carbons (Fsp3) is 0.250. The van der Waals surface area contributed by atoms with Crippen LogP contribution in [-0.2, 0) is 4.74 Å². The molecule has 0 radical (unpaired) electrons. The molecule has 0 fully saturated rings. The normalized spacial score (nSPS) is 12.1. The summed E-state index contributed by atoms with van der Waals surface area (Å²) in [5.41, 5.74) is 7.05. The van der Waals surface area contributed by atoms with Crippen molar-refractivity contribution in [1.29, 1.82) is 0 Å². The van der Waals surface area contributed by atoms with Gasteiger partial charge in [-0.15, -0.1) is 0 Å². The van der Waals surface area contributed by atoms with Crippen LogP contribution in [0.15, 0.2) is 54.6 Å². The van der Waals surface area contributed by atoms with Crippen LogP contribution in [0.1, 0.15) is 11.7 Å². The van der Waals surface area contributed by atoms with Crippen molar-refractivity contribution in [2.45, 2.75) is 6.10 Å². The second-order valence-electron chi connectivity index (χ2n) is 4.38. The van der Waals surface area contributed by atoms with E-state index in [0.29, 0.717) is 24.5 Å². The second kappa shape index (κ2) is 7.53. The smallest absolute Gasteiger partial charge is 0.119 e. The molecule has 4 heteroatoms. The standard InChI is InChI=1S/C16H19NO3/c17-15-9-5-4-8-14(15)16(18)12-19-10-11-20-13-6-2-1-3-7-13/h1-9,16,18H,10-12,17H2. The van der Waals surface area contributed by atoms with Crippen molar-refractivity contribution < 1.29 is 14.6 Å². The number of hydrogen-bond donors (Lipinski definition) is 2. The lowest BCUT2D eigenvalue weighted by Gasteiger charge is -2.14. The quantitative estimate of drug-likeness (QED) is 0.600. The molecule has 20 heavy (non-hydrogen) atoms. The zero-order chi connectivity index (χ0) is 14.2. The Kier molecular flexibility index (Phi) is 5.41. The number of aliphatic hydroxyl groups excluding tert-OH is 1. The van der Waals surface area contributed by atoms with Crippen LogP contribution < -0.4 is 10.5 Å². The Balaban J connectivity index is 1.67. The number of ether oxygens (including phenoxy) is 2. The van der Waals surface area contributed by atoms with Crippen molar-refractivity contribution in [2.75, 3.05) is 25.6 Å². The maximum Gasteiger partial charge on any atom is 0.119 e. The Bertz CT molecular complexity index is 516. The average Bonchev–Trinajstić information content (AvgIpc) is 2.48. The molecule has 1 atom stereocenters. The van der Waals surface area contributed by atoms with Crippen molar-refractivity contribution >= 4 is 5.69 Å². The SMILES string of the molecule is Nc1ccccc1C(O)COCCOc1ccccc1. The lowest BCUT2D eigenvalue weighted by Crippen LogP contribution is -2.13. The highest BCUT2D eigenvalue weighted by atomic mass is 16.5. The molecular formula is C16H19NO3. The Morgan fingerprint density at radius 1 is 0.950 bits per heavy atom. The monoisotopic (exact) mass is 273 g/mol. The first-order valence-corrected chi connectivity index (χ1v) is 6.55. The fourth-order valence-electron chi connectivity index (χ4n) is 1.83. The molecule has 0 spiro atoms. The van der Waals surface area contributed by atoms with Crippen LogP contribution in [0.4, 0.5) is 5.69 Å². The summed E-state index contributed by atoms with van der Waals surface area (Å²) < 4.78 is 10.9. The minimum atomic E-state index is -0.715. The van der Waals surface area contributed by atoms with Crippen LogP contribution >= 0.6 is 0 Å². The third kappa shape index (κ3) is 4.26. The molecule has 4 nitrogen and oxygen atoms in total. The van der Waals surface area contributed by atoms with E-state index in [1.807, 2.05) is 42.5 Å². The lowest BCUT2D eigenvalue weighted by molar-refractivity contribution is 0.0243. The van der Waals surface area contributed by atoms with Crippen LogP contribution in [0.3, 0.4) is 0 Å². The van der Waals surface area contributed by atoms with Gasteiger partial charge in [0.1, 0.15) is 18.5 Å².